The Morgan fingerprint density at radius 3 is 2.33 bits per heavy atom. The number of ether oxygens (including phenoxy) is 1. The highest BCUT2D eigenvalue weighted by atomic mass is 35.5. The van der Waals surface area contributed by atoms with Crippen LogP contribution in [0.2, 0.25) is 5.02 Å². The van der Waals surface area contributed by atoms with Gasteiger partial charge >= 0.3 is 0 Å². The van der Waals surface area contributed by atoms with Gasteiger partial charge in [-0.3, -0.25) is 14.8 Å². The van der Waals surface area contributed by atoms with Gasteiger partial charge in [0, 0.05) is 24.3 Å². The van der Waals surface area contributed by atoms with Crippen molar-refractivity contribution < 1.29 is 4.74 Å². The minimum Gasteiger partial charge on any atom is -0.492 e. The van der Waals surface area contributed by atoms with Crippen molar-refractivity contribution in [3.8, 4) is 5.75 Å². The lowest BCUT2D eigenvalue weighted by Gasteiger charge is -2.40. The molecule has 2 fully saturated rings. The zero-order valence-corrected chi connectivity index (χ0v) is 19.8. The first-order valence-corrected chi connectivity index (χ1v) is 12.4. The number of rotatable bonds is 7. The van der Waals surface area contributed by atoms with Gasteiger partial charge in [0.15, 0.2) is 0 Å². The maximum atomic E-state index is 6.18. The van der Waals surface area contributed by atoms with E-state index in [2.05, 4.69) is 34.1 Å². The molecular formula is C28H32ClN3O. The average molecular weight is 462 g/mol. The molecular weight excluding hydrogens is 430 g/mol. The average Bonchev–Trinajstić information content (AvgIpc) is 3.26. The molecule has 172 valence electrons. The molecule has 3 aromatic rings. The van der Waals surface area contributed by atoms with Gasteiger partial charge in [0.05, 0.1) is 11.7 Å². The summed E-state index contributed by atoms with van der Waals surface area (Å²) in [6.45, 7) is 6.30. The van der Waals surface area contributed by atoms with Crippen molar-refractivity contribution in [3.63, 3.8) is 0 Å². The van der Waals surface area contributed by atoms with Crippen LogP contribution in [0.3, 0.4) is 0 Å². The fraction of sp³-hybridized carbons (Fsp3) is 0.393. The summed E-state index contributed by atoms with van der Waals surface area (Å²) in [6, 6.07) is 24.8. The van der Waals surface area contributed by atoms with Crippen LogP contribution in [0.1, 0.15) is 36.6 Å². The number of hydrogen-bond donors (Lipinski definition) is 0. The quantitative estimate of drug-likeness (QED) is 0.451. The summed E-state index contributed by atoms with van der Waals surface area (Å²) in [5.41, 5.74) is 2.80. The number of aromatic nitrogens is 1. The number of halogens is 1. The highest BCUT2D eigenvalue weighted by Gasteiger charge is 2.43. The molecule has 0 amide bonds. The van der Waals surface area contributed by atoms with Crippen molar-refractivity contribution in [1.82, 2.24) is 14.8 Å². The first-order chi connectivity index (χ1) is 16.2. The topological polar surface area (TPSA) is 28.6 Å². The van der Waals surface area contributed by atoms with Gasteiger partial charge < -0.3 is 4.74 Å². The van der Waals surface area contributed by atoms with Crippen molar-refractivity contribution in [2.45, 2.75) is 25.3 Å². The van der Waals surface area contributed by atoms with Gasteiger partial charge in [-0.05, 0) is 86.3 Å². The Hall–Kier alpha value is -2.40. The molecule has 2 aromatic carbocycles. The van der Waals surface area contributed by atoms with Gasteiger partial charge in [0.25, 0.3) is 0 Å². The van der Waals surface area contributed by atoms with Gasteiger partial charge in [-0.1, -0.05) is 48.0 Å². The first-order valence-electron chi connectivity index (χ1n) is 12.0. The van der Waals surface area contributed by atoms with E-state index in [9.17, 15) is 0 Å². The van der Waals surface area contributed by atoms with Crippen molar-refractivity contribution >= 4 is 11.6 Å². The van der Waals surface area contributed by atoms with E-state index in [1.54, 1.807) is 0 Å². The van der Waals surface area contributed by atoms with Crippen LogP contribution in [0, 0.1) is 5.41 Å². The Morgan fingerprint density at radius 2 is 1.61 bits per heavy atom. The molecule has 0 saturated carbocycles. The Labute approximate surface area is 202 Å². The standard InChI is InChI=1S/C28H32ClN3O/c29-24-11-9-23(10-12-24)27(26-8-4-5-16-30-26)32-19-15-28(22-32)13-17-31(18-14-28)20-21-33-25-6-2-1-3-7-25/h1-12,16,27H,13-15,17-22H2. The molecule has 33 heavy (non-hydrogen) atoms. The summed E-state index contributed by atoms with van der Waals surface area (Å²) in [4.78, 5) is 9.93. The molecule has 2 aliphatic heterocycles. The maximum absolute atomic E-state index is 6.18. The predicted octanol–water partition coefficient (Wildman–Crippen LogP) is 5.69. The second-order valence-corrected chi connectivity index (χ2v) is 9.87. The summed E-state index contributed by atoms with van der Waals surface area (Å²) in [7, 11) is 0. The summed E-state index contributed by atoms with van der Waals surface area (Å²) < 4.78 is 5.91. The third kappa shape index (κ3) is 5.40. The highest BCUT2D eigenvalue weighted by molar-refractivity contribution is 6.30. The Balaban J connectivity index is 1.20. The van der Waals surface area contributed by atoms with E-state index in [1.165, 1.54) is 24.8 Å². The summed E-state index contributed by atoms with van der Waals surface area (Å²) >= 11 is 6.18. The van der Waals surface area contributed by atoms with Crippen LogP contribution in [-0.2, 0) is 0 Å². The number of nitrogens with zero attached hydrogens (tertiary/aromatic N) is 3. The molecule has 5 rings (SSSR count). The molecule has 1 spiro atoms. The molecule has 3 heterocycles. The molecule has 5 heteroatoms. The van der Waals surface area contributed by atoms with Gasteiger partial charge in [0.2, 0.25) is 0 Å². The van der Waals surface area contributed by atoms with Crippen LogP contribution in [-0.4, -0.2) is 54.1 Å². The van der Waals surface area contributed by atoms with Crippen LogP contribution >= 0.6 is 11.6 Å². The number of likely N-dealkylation sites (tertiary alicyclic amines) is 2. The van der Waals surface area contributed by atoms with Crippen LogP contribution in [0.25, 0.3) is 0 Å². The largest absolute Gasteiger partial charge is 0.492 e. The van der Waals surface area contributed by atoms with Crippen LogP contribution in [0.5, 0.6) is 5.75 Å². The number of benzene rings is 2. The lowest BCUT2D eigenvalue weighted by atomic mass is 9.77. The van der Waals surface area contributed by atoms with Crippen molar-refractivity contribution in [3.05, 3.63) is 95.3 Å². The predicted molar refractivity (Wildman–Crippen MR) is 134 cm³/mol. The second kappa shape index (κ2) is 10.3. The Morgan fingerprint density at radius 1 is 0.879 bits per heavy atom. The van der Waals surface area contributed by atoms with Gasteiger partial charge in [-0.15, -0.1) is 0 Å². The van der Waals surface area contributed by atoms with Crippen LogP contribution in [0.15, 0.2) is 79.0 Å². The SMILES string of the molecule is Clc1ccc(C(c2ccccn2)N2CCC3(CCN(CCOc4ccccc4)CC3)C2)cc1. The molecule has 2 aliphatic rings. The number of piperidine rings is 1. The van der Waals surface area contributed by atoms with Gasteiger partial charge in [-0.25, -0.2) is 0 Å². The number of pyridine rings is 1. The van der Waals surface area contributed by atoms with E-state index >= 15 is 0 Å². The lowest BCUT2D eigenvalue weighted by Crippen LogP contribution is -2.43. The molecule has 0 N–H and O–H groups in total. The van der Waals surface area contributed by atoms with E-state index in [-0.39, 0.29) is 6.04 Å². The zero-order valence-electron chi connectivity index (χ0n) is 19.1. The molecule has 1 aromatic heterocycles. The monoisotopic (exact) mass is 461 g/mol. The van der Waals surface area contributed by atoms with Crippen molar-refractivity contribution in [2.24, 2.45) is 5.41 Å². The molecule has 2 saturated heterocycles. The first kappa shape index (κ1) is 22.4. The molecule has 1 atom stereocenters. The maximum Gasteiger partial charge on any atom is 0.119 e. The van der Waals surface area contributed by atoms with Gasteiger partial charge in [-0.2, -0.15) is 0 Å². The van der Waals surface area contributed by atoms with E-state index < -0.39 is 0 Å². The normalized spacial score (nSPS) is 19.5. The highest BCUT2D eigenvalue weighted by Crippen LogP contribution is 2.44. The third-order valence-corrected chi connectivity index (χ3v) is 7.57. The van der Waals surface area contributed by atoms with Gasteiger partial charge in [0.1, 0.15) is 12.4 Å². The Bertz CT molecular complexity index is 1000. The fourth-order valence-corrected chi connectivity index (χ4v) is 5.54. The minimum absolute atomic E-state index is 0.181. The minimum atomic E-state index is 0.181. The lowest BCUT2D eigenvalue weighted by molar-refractivity contribution is 0.0922. The third-order valence-electron chi connectivity index (χ3n) is 7.32. The molecule has 0 radical (unpaired) electrons. The van der Waals surface area contributed by atoms with Crippen molar-refractivity contribution in [1.29, 1.82) is 0 Å². The molecule has 0 bridgehead atoms. The van der Waals surface area contributed by atoms with Crippen molar-refractivity contribution in [2.75, 3.05) is 39.3 Å². The van der Waals surface area contributed by atoms with Crippen LogP contribution in [0.4, 0.5) is 0 Å². The fourth-order valence-electron chi connectivity index (χ4n) is 5.41. The summed E-state index contributed by atoms with van der Waals surface area (Å²) in [6.07, 6.45) is 5.67. The molecule has 1 unspecified atom stereocenters. The summed E-state index contributed by atoms with van der Waals surface area (Å²) in [5, 5.41) is 0.778. The van der Waals surface area contributed by atoms with E-state index in [0.29, 0.717) is 5.41 Å². The summed E-state index contributed by atoms with van der Waals surface area (Å²) in [5.74, 6) is 0.958. The number of para-hydroxylation sites is 1. The molecule has 4 nitrogen and oxygen atoms in total. The van der Waals surface area contributed by atoms with E-state index in [1.807, 2.05) is 54.7 Å². The Kier molecular flexibility index (Phi) is 6.96. The second-order valence-electron chi connectivity index (χ2n) is 9.43. The zero-order chi connectivity index (χ0) is 22.5. The van der Waals surface area contributed by atoms with E-state index in [4.69, 9.17) is 21.3 Å². The van der Waals surface area contributed by atoms with Crippen LogP contribution < -0.4 is 4.74 Å². The molecule has 0 aliphatic carbocycles. The van der Waals surface area contributed by atoms with E-state index in [0.717, 1.165) is 55.8 Å². The smallest absolute Gasteiger partial charge is 0.119 e. The number of hydrogen-bond acceptors (Lipinski definition) is 4.